The lowest BCUT2D eigenvalue weighted by Crippen LogP contribution is -2.15. The molecule has 3 heterocycles. The van der Waals surface area contributed by atoms with Gasteiger partial charge < -0.3 is 14.2 Å². The second kappa shape index (κ2) is 13.2. The molecular weight excluding hydrogens is 725 g/mol. The highest BCUT2D eigenvalue weighted by Gasteiger charge is 2.33. The van der Waals surface area contributed by atoms with E-state index in [0.717, 1.165) is 39.6 Å². The second-order valence-electron chi connectivity index (χ2n) is 15.2. The monoisotopic (exact) mass is 760 g/mol. The Bertz CT molecular complexity index is 3260. The SMILES string of the molecule is C1=CC2Oc3c(-c4ccc(N(c5ccc(-c6cccc7c6sc6ccccc67)cc5)c5ccc6c7ccccc7n(-c7ccccc7)c6c5)cc4)cccc3C2C=C1. The summed E-state index contributed by atoms with van der Waals surface area (Å²) < 4.78 is 11.6. The minimum Gasteiger partial charge on any atom is -0.484 e. The first-order valence-corrected chi connectivity index (χ1v) is 20.7. The van der Waals surface area contributed by atoms with Gasteiger partial charge in [0.1, 0.15) is 11.9 Å². The van der Waals surface area contributed by atoms with Crippen molar-refractivity contribution in [2.24, 2.45) is 0 Å². The van der Waals surface area contributed by atoms with E-state index in [-0.39, 0.29) is 12.0 Å². The fraction of sp³-hybridized carbons (Fsp3) is 0.0370. The first kappa shape index (κ1) is 33.0. The van der Waals surface area contributed by atoms with E-state index in [1.54, 1.807) is 0 Å². The van der Waals surface area contributed by atoms with Crippen LogP contribution in [0.3, 0.4) is 0 Å². The molecule has 3 nitrogen and oxygen atoms in total. The molecule has 0 bridgehead atoms. The van der Waals surface area contributed by atoms with Crippen LogP contribution in [0.25, 0.3) is 69.9 Å². The van der Waals surface area contributed by atoms with Gasteiger partial charge in [0.05, 0.1) is 11.0 Å². The van der Waals surface area contributed by atoms with E-state index in [2.05, 4.69) is 216 Å². The summed E-state index contributed by atoms with van der Waals surface area (Å²) in [6, 6.07) is 66.4. The molecule has 1 aliphatic carbocycles. The van der Waals surface area contributed by atoms with Crippen molar-refractivity contribution < 1.29 is 4.74 Å². The second-order valence-corrected chi connectivity index (χ2v) is 16.3. The fourth-order valence-electron chi connectivity index (χ4n) is 9.25. The number of anilines is 3. The van der Waals surface area contributed by atoms with Gasteiger partial charge in [0, 0.05) is 70.7 Å². The molecule has 12 rings (SSSR count). The summed E-state index contributed by atoms with van der Waals surface area (Å²) >= 11 is 1.87. The van der Waals surface area contributed by atoms with Gasteiger partial charge in [-0.25, -0.2) is 0 Å². The molecular formula is C54H36N2OS. The Morgan fingerprint density at radius 1 is 0.483 bits per heavy atom. The minimum absolute atomic E-state index is 0.0474. The van der Waals surface area contributed by atoms with Crippen LogP contribution in [0.2, 0.25) is 0 Å². The molecule has 0 fully saturated rings. The Hall–Kier alpha value is -7.14. The lowest BCUT2D eigenvalue weighted by molar-refractivity contribution is 0.270. The predicted octanol–water partition coefficient (Wildman–Crippen LogP) is 14.9. The van der Waals surface area contributed by atoms with Crippen LogP contribution in [0.15, 0.2) is 206 Å². The first-order valence-electron chi connectivity index (χ1n) is 19.9. The average Bonchev–Trinajstić information content (AvgIpc) is 3.97. The van der Waals surface area contributed by atoms with Crippen molar-refractivity contribution in [3.8, 4) is 33.7 Å². The van der Waals surface area contributed by atoms with Gasteiger partial charge in [0.2, 0.25) is 0 Å². The van der Waals surface area contributed by atoms with Crippen LogP contribution < -0.4 is 9.64 Å². The molecule has 0 radical (unpaired) electrons. The van der Waals surface area contributed by atoms with E-state index in [1.165, 1.54) is 58.7 Å². The van der Waals surface area contributed by atoms with Crippen LogP contribution in [0, 0.1) is 0 Å². The van der Waals surface area contributed by atoms with E-state index in [4.69, 9.17) is 4.74 Å². The van der Waals surface area contributed by atoms with Gasteiger partial charge in [-0.3, -0.25) is 0 Å². The number of para-hydroxylation sites is 3. The molecule has 274 valence electrons. The third kappa shape index (κ3) is 5.19. The molecule has 2 aromatic heterocycles. The molecule has 0 amide bonds. The molecule has 0 saturated heterocycles. The number of benzene rings is 8. The predicted molar refractivity (Wildman–Crippen MR) is 245 cm³/mol. The summed E-state index contributed by atoms with van der Waals surface area (Å²) in [5.74, 6) is 1.24. The summed E-state index contributed by atoms with van der Waals surface area (Å²) in [5, 5.41) is 5.10. The van der Waals surface area contributed by atoms with Crippen molar-refractivity contribution in [2.75, 3.05) is 4.90 Å². The minimum atomic E-state index is 0.0474. The number of hydrogen-bond donors (Lipinski definition) is 0. The number of fused-ring (bicyclic) bond motifs is 9. The number of ether oxygens (including phenoxy) is 1. The number of nitrogens with zero attached hydrogens (tertiary/aromatic N) is 2. The Kier molecular flexibility index (Phi) is 7.54. The number of aromatic nitrogens is 1. The highest BCUT2D eigenvalue weighted by molar-refractivity contribution is 7.26. The van der Waals surface area contributed by atoms with Crippen molar-refractivity contribution in [1.82, 2.24) is 4.57 Å². The number of allylic oxidation sites excluding steroid dienone is 2. The van der Waals surface area contributed by atoms with Gasteiger partial charge in [0.15, 0.2) is 0 Å². The Morgan fingerprint density at radius 3 is 1.95 bits per heavy atom. The Balaban J connectivity index is 1.00. The zero-order chi connectivity index (χ0) is 38.2. The van der Waals surface area contributed by atoms with Crippen molar-refractivity contribution in [3.63, 3.8) is 0 Å². The van der Waals surface area contributed by atoms with Crippen molar-refractivity contribution in [2.45, 2.75) is 12.0 Å². The molecule has 2 atom stereocenters. The van der Waals surface area contributed by atoms with Gasteiger partial charge >= 0.3 is 0 Å². The van der Waals surface area contributed by atoms with Gasteiger partial charge in [0.25, 0.3) is 0 Å². The standard InChI is InChI=1S/C54H36N2OS/c1-2-12-37(13-3-1)56-49-21-7-4-14-43(49)44-33-32-40(34-50(44)56)55(38-28-24-35(25-29-38)41-17-10-19-47-45-15-5-8-22-51(45)57-53(41)47)39-30-26-36(27-31-39)42-18-11-20-48-46-16-6-9-23-52(46)58-54(42)48/h1-34,45,51H. The van der Waals surface area contributed by atoms with Gasteiger partial charge in [-0.15, -0.1) is 11.3 Å². The number of rotatable bonds is 6. The molecule has 0 spiro atoms. The Labute approximate surface area is 340 Å². The first-order chi connectivity index (χ1) is 28.8. The van der Waals surface area contributed by atoms with Crippen LogP contribution in [0.1, 0.15) is 11.5 Å². The van der Waals surface area contributed by atoms with Crippen LogP contribution in [0.5, 0.6) is 5.75 Å². The molecule has 58 heavy (non-hydrogen) atoms. The quantitative estimate of drug-likeness (QED) is 0.168. The molecule has 1 aliphatic heterocycles. The van der Waals surface area contributed by atoms with E-state index < -0.39 is 0 Å². The molecule has 4 heteroatoms. The van der Waals surface area contributed by atoms with Crippen LogP contribution in [0.4, 0.5) is 17.1 Å². The summed E-state index contributed by atoms with van der Waals surface area (Å²) in [6.45, 7) is 0. The van der Waals surface area contributed by atoms with Crippen LogP contribution in [-0.2, 0) is 0 Å². The maximum absolute atomic E-state index is 6.57. The average molecular weight is 761 g/mol. The molecule has 0 saturated carbocycles. The number of hydrogen-bond acceptors (Lipinski definition) is 3. The zero-order valence-electron chi connectivity index (χ0n) is 31.5. The summed E-state index contributed by atoms with van der Waals surface area (Å²) in [4.78, 5) is 2.39. The van der Waals surface area contributed by atoms with E-state index in [0.29, 0.717) is 0 Å². The topological polar surface area (TPSA) is 17.4 Å². The summed E-state index contributed by atoms with van der Waals surface area (Å²) in [6.07, 6.45) is 8.68. The van der Waals surface area contributed by atoms with Crippen LogP contribution >= 0.6 is 11.3 Å². The van der Waals surface area contributed by atoms with Gasteiger partial charge in [-0.2, -0.15) is 0 Å². The molecule has 2 aliphatic rings. The van der Waals surface area contributed by atoms with E-state index in [9.17, 15) is 0 Å². The highest BCUT2D eigenvalue weighted by atomic mass is 32.1. The highest BCUT2D eigenvalue weighted by Crippen LogP contribution is 2.48. The molecule has 2 unspecified atom stereocenters. The molecule has 0 N–H and O–H groups in total. The maximum Gasteiger partial charge on any atom is 0.132 e. The zero-order valence-corrected chi connectivity index (χ0v) is 32.3. The lowest BCUT2D eigenvalue weighted by atomic mass is 9.90. The lowest BCUT2D eigenvalue weighted by Gasteiger charge is -2.26. The van der Waals surface area contributed by atoms with Crippen LogP contribution in [-0.4, -0.2) is 10.7 Å². The summed E-state index contributed by atoms with van der Waals surface area (Å²) in [5.41, 5.74) is 12.8. The van der Waals surface area contributed by atoms with Gasteiger partial charge in [-0.05, 0) is 83.4 Å². The maximum atomic E-state index is 6.57. The molecule has 10 aromatic rings. The Morgan fingerprint density at radius 2 is 1.12 bits per heavy atom. The normalized spacial score (nSPS) is 15.6. The largest absolute Gasteiger partial charge is 0.484 e. The van der Waals surface area contributed by atoms with E-state index >= 15 is 0 Å². The van der Waals surface area contributed by atoms with Crippen molar-refractivity contribution in [1.29, 1.82) is 0 Å². The van der Waals surface area contributed by atoms with Gasteiger partial charge in [-0.1, -0.05) is 140 Å². The molecule has 8 aromatic carbocycles. The van der Waals surface area contributed by atoms with Crippen molar-refractivity contribution >= 4 is 70.4 Å². The number of thiophene rings is 1. The fourth-order valence-corrected chi connectivity index (χ4v) is 10.5. The van der Waals surface area contributed by atoms with E-state index in [1.807, 2.05) is 11.3 Å². The third-order valence-electron chi connectivity index (χ3n) is 12.0. The summed E-state index contributed by atoms with van der Waals surface area (Å²) in [7, 11) is 0. The smallest absolute Gasteiger partial charge is 0.132 e. The van der Waals surface area contributed by atoms with Crippen molar-refractivity contribution in [3.05, 3.63) is 212 Å². The third-order valence-corrected chi connectivity index (χ3v) is 13.2.